The van der Waals surface area contributed by atoms with E-state index in [1.54, 1.807) is 25.7 Å². The largest absolute Gasteiger partial charge is 0.566 e. The standard InChI is InChI=1S/C20H33N4O5P.C11H15N2O6P.C11H16N2O4.C6H15N.H2O/c1-8-16-17(11-18(28-16)23-12-15(6)19(25)22-20(23)26)29-30(27-10-9-21-7)24(13(2)3)14(4)5;1-3-7-8(19-20(16)17)4-9(18-7)13-5-6(2)10(14)12-11(13)15;1-3-8-7(14)4-9(17-8)13-5-6(2)10(15)12-11(13)16;1-4-7(5-2)6-3;/h12-14,16-18H,8-11H2,1-6H3,(H,22,25,26);5,7-9H,3-4H2,1-2H3,(H,12,14,15);5,7-9,14H,3-4H2,1-2H3,(H,12,15,16);4-6H2,1-3H3;1H2/p+1/t16-,17?,18-,30?;7-,8?,9-;7?,8-,9-;;/m111../s1. The van der Waals surface area contributed by atoms with Crippen LogP contribution in [-0.4, -0.2) is 125 Å². The molecule has 6 rings (SSSR count). The van der Waals surface area contributed by atoms with Crippen molar-refractivity contribution in [1.29, 1.82) is 0 Å². The fourth-order valence-electron chi connectivity index (χ4n) is 8.61. The van der Waals surface area contributed by atoms with Gasteiger partial charge in [-0.1, -0.05) is 20.8 Å². The van der Waals surface area contributed by atoms with Crippen LogP contribution in [0.1, 0.15) is 143 Å². The Balaban J connectivity index is 0.000000372. The first-order chi connectivity index (χ1) is 35.0. The van der Waals surface area contributed by atoms with Crippen LogP contribution in [0.5, 0.6) is 0 Å². The SMILES string of the molecule is CC[C@H]1O[C@@H](n2cc(C)c(=O)[nH]c2=O)CC1O.CC[C@H]1O[C@@H](n2cc(C)c(=O)[nH]c2=O)CC1O[P+](=O)[O-].CC[NH+](CC)CC.O.[C-]#[N+]CCOP(OC1C[C@H](n2cc(C)c(=O)[nH]c2=O)O[C@@H]1CC)N(C(C)C)C(C)C. The lowest BCUT2D eigenvalue weighted by Crippen LogP contribution is -3.11. The van der Waals surface area contributed by atoms with E-state index >= 15 is 0 Å². The number of aliphatic hydroxyl groups excluding tert-OH is 1. The van der Waals surface area contributed by atoms with E-state index in [1.165, 1.54) is 51.9 Å². The molecule has 0 aromatic carbocycles. The normalized spacial score (nSPS) is 23.7. The average molecular weight is 1100 g/mol. The van der Waals surface area contributed by atoms with Gasteiger partial charge in [0.25, 0.3) is 25.2 Å². The number of H-pyrrole nitrogens is 3. The minimum atomic E-state index is -2.98. The number of aromatic amines is 3. The van der Waals surface area contributed by atoms with E-state index < -0.39 is 87.5 Å². The van der Waals surface area contributed by atoms with Crippen molar-refractivity contribution < 1.29 is 52.7 Å². The van der Waals surface area contributed by atoms with Crippen molar-refractivity contribution in [2.45, 2.75) is 196 Å². The molecule has 7 N–H and O–H groups in total. The molecule has 0 radical (unpaired) electrons. The Labute approximate surface area is 439 Å². The highest BCUT2D eigenvalue weighted by Gasteiger charge is 2.42. The minimum Gasteiger partial charge on any atom is -0.566 e. The fraction of sp³-hybridized carbons (Fsp3) is 0.729. The highest BCUT2D eigenvalue weighted by molar-refractivity contribution is 7.44. The first-order valence-electron chi connectivity index (χ1n) is 25.4. The maximum absolute atomic E-state index is 12.3. The van der Waals surface area contributed by atoms with E-state index in [0.717, 1.165) is 0 Å². The van der Waals surface area contributed by atoms with Crippen LogP contribution in [0.4, 0.5) is 0 Å². The third kappa shape index (κ3) is 19.2. The van der Waals surface area contributed by atoms with Crippen molar-refractivity contribution in [2.75, 3.05) is 32.8 Å². The summed E-state index contributed by atoms with van der Waals surface area (Å²) in [6.45, 7) is 37.0. The monoisotopic (exact) mass is 1100 g/mol. The van der Waals surface area contributed by atoms with Crippen LogP contribution in [0.3, 0.4) is 0 Å². The van der Waals surface area contributed by atoms with Crippen molar-refractivity contribution in [2.24, 2.45) is 0 Å². The van der Waals surface area contributed by atoms with Gasteiger partial charge in [-0.15, -0.1) is 4.52 Å². The molecular weight excluding hydrogens is 1020 g/mol. The van der Waals surface area contributed by atoms with E-state index in [-0.39, 0.29) is 48.8 Å². The Morgan fingerprint density at radius 3 is 1.43 bits per heavy atom. The minimum absolute atomic E-state index is 0. The van der Waals surface area contributed by atoms with Crippen LogP contribution < -0.4 is 43.5 Å². The van der Waals surface area contributed by atoms with Crippen molar-refractivity contribution >= 4 is 16.8 Å². The summed E-state index contributed by atoms with van der Waals surface area (Å²) in [7, 11) is -4.38. The van der Waals surface area contributed by atoms with Gasteiger partial charge in [0.2, 0.25) is 6.54 Å². The molecule has 0 spiro atoms. The molecule has 6 heterocycles. The summed E-state index contributed by atoms with van der Waals surface area (Å²) in [4.78, 5) is 92.4. The lowest BCUT2D eigenvalue weighted by molar-refractivity contribution is -0.894. The van der Waals surface area contributed by atoms with Gasteiger partial charge in [-0.3, -0.25) is 43.0 Å². The van der Waals surface area contributed by atoms with Gasteiger partial charge in [-0.05, 0) is 93.1 Å². The van der Waals surface area contributed by atoms with E-state index in [4.69, 9.17) is 34.4 Å². The lowest BCUT2D eigenvalue weighted by atomic mass is 10.1. The number of nitrogens with one attached hydrogen (secondary N) is 4. The Bertz CT molecular complexity index is 2630. The lowest BCUT2D eigenvalue weighted by Gasteiger charge is -2.37. The summed E-state index contributed by atoms with van der Waals surface area (Å²) in [6, 6.07) is 0.401. The molecular formula is C48H82N9O16P2+. The molecule has 11 atom stereocenters. The van der Waals surface area contributed by atoms with Gasteiger partial charge in [0, 0.05) is 66.6 Å². The molecule has 3 aliphatic rings. The van der Waals surface area contributed by atoms with Crippen molar-refractivity contribution in [1.82, 2.24) is 33.3 Å². The Kier molecular flexibility index (Phi) is 28.8. The number of hydrogen-bond acceptors (Lipinski definition) is 16. The average Bonchev–Trinajstić information content (AvgIpc) is 4.06. The first-order valence-corrected chi connectivity index (χ1v) is 27.7. The molecule has 424 valence electrons. The van der Waals surface area contributed by atoms with E-state index in [2.05, 4.69) is 72.9 Å². The summed E-state index contributed by atoms with van der Waals surface area (Å²) >= 11 is 0. The zero-order chi connectivity index (χ0) is 55.6. The van der Waals surface area contributed by atoms with E-state index in [0.29, 0.717) is 55.4 Å². The fourth-order valence-corrected chi connectivity index (χ4v) is 10.8. The molecule has 0 amide bonds. The number of aromatic nitrogens is 6. The van der Waals surface area contributed by atoms with E-state index in [9.17, 15) is 43.3 Å². The van der Waals surface area contributed by atoms with Crippen LogP contribution >= 0.6 is 16.8 Å². The predicted molar refractivity (Wildman–Crippen MR) is 281 cm³/mol. The third-order valence-corrected chi connectivity index (χ3v) is 15.3. The molecule has 27 heteroatoms. The van der Waals surface area contributed by atoms with E-state index in [1.807, 2.05) is 20.8 Å². The number of rotatable bonds is 19. The molecule has 0 aliphatic carbocycles. The summed E-state index contributed by atoms with van der Waals surface area (Å²) in [5.41, 5.74) is -1.55. The summed E-state index contributed by atoms with van der Waals surface area (Å²) < 4.78 is 51.4. The Hall–Kier alpha value is -4.38. The highest BCUT2D eigenvalue weighted by Crippen LogP contribution is 2.50. The highest BCUT2D eigenvalue weighted by atomic mass is 31.2. The second-order valence-corrected chi connectivity index (χ2v) is 20.7. The Morgan fingerprint density at radius 1 is 0.720 bits per heavy atom. The van der Waals surface area contributed by atoms with Crippen LogP contribution in [0.2, 0.25) is 0 Å². The van der Waals surface area contributed by atoms with Crippen molar-refractivity contribution in [3.05, 3.63) is 109 Å². The van der Waals surface area contributed by atoms with Crippen molar-refractivity contribution in [3.63, 3.8) is 0 Å². The zero-order valence-corrected chi connectivity index (χ0v) is 47.4. The molecule has 3 saturated heterocycles. The smallest absolute Gasteiger partial charge is 0.488 e. The van der Waals surface area contributed by atoms with Gasteiger partial charge in [0.1, 0.15) is 31.4 Å². The number of quaternary nitrogens is 1. The van der Waals surface area contributed by atoms with Crippen LogP contribution in [-0.2, 0) is 32.3 Å². The van der Waals surface area contributed by atoms with Crippen LogP contribution in [0, 0.1) is 27.3 Å². The number of hydrogen-bond donors (Lipinski definition) is 5. The van der Waals surface area contributed by atoms with Gasteiger partial charge < -0.3 is 48.5 Å². The summed E-state index contributed by atoms with van der Waals surface area (Å²) in [5.74, 6) is 0. The second kappa shape index (κ2) is 32.4. The maximum atomic E-state index is 12.3. The topological polar surface area (TPSA) is 324 Å². The maximum Gasteiger partial charge on any atom is 0.488 e. The molecule has 5 unspecified atom stereocenters. The third-order valence-electron chi connectivity index (χ3n) is 12.7. The summed E-state index contributed by atoms with van der Waals surface area (Å²) in [6.07, 6.45) is 3.44. The molecule has 3 aliphatic heterocycles. The number of aliphatic hydroxyl groups is 1. The predicted octanol–water partition coefficient (Wildman–Crippen LogP) is 2.16. The molecule has 0 bridgehead atoms. The van der Waals surface area contributed by atoms with Crippen LogP contribution in [0.25, 0.3) is 4.85 Å². The quantitative estimate of drug-likeness (QED) is 0.0652. The number of nitrogens with zero attached hydrogens (tertiary/aromatic N) is 5. The van der Waals surface area contributed by atoms with Crippen LogP contribution in [0.15, 0.2) is 47.4 Å². The summed E-state index contributed by atoms with van der Waals surface area (Å²) in [5, 5.41) is 9.72. The Morgan fingerprint density at radius 2 is 1.09 bits per heavy atom. The van der Waals surface area contributed by atoms with Gasteiger partial charge in [-0.2, -0.15) is 0 Å². The molecule has 0 saturated carbocycles. The molecule has 75 heavy (non-hydrogen) atoms. The molecule has 25 nitrogen and oxygen atoms in total. The van der Waals surface area contributed by atoms with Gasteiger partial charge >= 0.3 is 25.3 Å². The van der Waals surface area contributed by atoms with Gasteiger partial charge in [0.15, 0.2) is 0 Å². The zero-order valence-electron chi connectivity index (χ0n) is 45.7. The number of aryl methyl sites for hydroxylation is 3. The van der Waals surface area contributed by atoms with Gasteiger partial charge in [0.05, 0.1) is 50.2 Å². The molecule has 3 aromatic heterocycles. The molecule has 3 fully saturated rings. The number of ether oxygens (including phenoxy) is 3. The second-order valence-electron chi connectivity index (χ2n) is 18.7. The van der Waals surface area contributed by atoms with Gasteiger partial charge in [-0.25, -0.2) is 25.6 Å². The van der Waals surface area contributed by atoms with Crippen molar-refractivity contribution in [3.8, 4) is 0 Å². The first kappa shape index (κ1) is 66.7. The molecule has 3 aromatic rings.